The first-order valence-electron chi connectivity index (χ1n) is 4.59. The van der Waals surface area contributed by atoms with Crippen LogP contribution in [0.1, 0.15) is 18.4 Å². The Balaban J connectivity index is 0.00000225. The number of hydrogen-bond donors (Lipinski definition) is 2. The Labute approximate surface area is 106 Å². The Morgan fingerprint density at radius 3 is 2.69 bits per heavy atom. The Morgan fingerprint density at radius 2 is 2.25 bits per heavy atom. The standard InChI is InChI=1S/C8H15N3O2S2.ClH/c1-6(9)3-4-11-15(12,13)8-5-10-7(2)14-8;/h5-6,11H,3-4,9H2,1-2H3;1H. The smallest absolute Gasteiger partial charge is 0.251 e. The molecule has 0 aliphatic rings. The fourth-order valence-corrected chi connectivity index (χ4v) is 3.16. The Bertz CT molecular complexity index is 417. The van der Waals surface area contributed by atoms with Crippen molar-refractivity contribution >= 4 is 33.8 Å². The molecular weight excluding hydrogens is 270 g/mol. The quantitative estimate of drug-likeness (QED) is 0.841. The molecule has 94 valence electrons. The number of rotatable bonds is 5. The van der Waals surface area contributed by atoms with Gasteiger partial charge in [-0.05, 0) is 20.3 Å². The van der Waals surface area contributed by atoms with Gasteiger partial charge in [0.2, 0.25) is 0 Å². The fourth-order valence-electron chi connectivity index (χ4n) is 0.958. The van der Waals surface area contributed by atoms with E-state index in [0.29, 0.717) is 13.0 Å². The maximum Gasteiger partial charge on any atom is 0.251 e. The second-order valence-electron chi connectivity index (χ2n) is 3.36. The summed E-state index contributed by atoms with van der Waals surface area (Å²) in [7, 11) is -3.38. The van der Waals surface area contributed by atoms with Crippen LogP contribution in [0.2, 0.25) is 0 Å². The summed E-state index contributed by atoms with van der Waals surface area (Å²) in [5, 5.41) is 0.738. The van der Waals surface area contributed by atoms with Gasteiger partial charge in [0.1, 0.15) is 0 Å². The van der Waals surface area contributed by atoms with Crippen molar-refractivity contribution in [3.05, 3.63) is 11.2 Å². The molecule has 16 heavy (non-hydrogen) atoms. The van der Waals surface area contributed by atoms with Gasteiger partial charge in [-0.1, -0.05) is 0 Å². The number of halogens is 1. The number of nitrogens with one attached hydrogen (secondary N) is 1. The third-order valence-corrected chi connectivity index (χ3v) is 4.59. The molecule has 0 fully saturated rings. The van der Waals surface area contributed by atoms with Gasteiger partial charge in [0.25, 0.3) is 10.0 Å². The van der Waals surface area contributed by atoms with Gasteiger partial charge in [-0.25, -0.2) is 18.1 Å². The van der Waals surface area contributed by atoms with Crippen LogP contribution in [0, 0.1) is 6.92 Å². The van der Waals surface area contributed by atoms with Crippen LogP contribution >= 0.6 is 23.7 Å². The van der Waals surface area contributed by atoms with E-state index in [-0.39, 0.29) is 22.7 Å². The molecule has 8 heteroatoms. The van der Waals surface area contributed by atoms with Crippen LogP contribution in [0.4, 0.5) is 0 Å². The first kappa shape index (κ1) is 15.8. The van der Waals surface area contributed by atoms with Crippen LogP contribution in [-0.2, 0) is 10.0 Å². The highest BCUT2D eigenvalue weighted by Crippen LogP contribution is 2.17. The largest absolute Gasteiger partial charge is 0.328 e. The van der Waals surface area contributed by atoms with Gasteiger partial charge < -0.3 is 5.73 Å². The third-order valence-electron chi connectivity index (χ3n) is 1.76. The number of hydrogen-bond acceptors (Lipinski definition) is 5. The lowest BCUT2D eigenvalue weighted by molar-refractivity contribution is 0.573. The van der Waals surface area contributed by atoms with E-state index in [1.165, 1.54) is 6.20 Å². The number of thiazole rings is 1. The molecule has 1 unspecified atom stereocenters. The predicted octanol–water partition coefficient (Wildman–Crippen LogP) is 0.889. The van der Waals surface area contributed by atoms with Crippen LogP contribution in [0.5, 0.6) is 0 Å². The zero-order valence-corrected chi connectivity index (χ0v) is 11.6. The average Bonchev–Trinajstić information content (AvgIpc) is 2.51. The third kappa shape index (κ3) is 4.75. The van der Waals surface area contributed by atoms with Gasteiger partial charge in [0.15, 0.2) is 4.21 Å². The van der Waals surface area contributed by atoms with Gasteiger partial charge in [0, 0.05) is 12.6 Å². The first-order chi connectivity index (χ1) is 6.92. The highest BCUT2D eigenvalue weighted by atomic mass is 35.5. The van der Waals surface area contributed by atoms with Crippen molar-refractivity contribution in [2.75, 3.05) is 6.54 Å². The van der Waals surface area contributed by atoms with E-state index in [4.69, 9.17) is 5.73 Å². The zero-order valence-electron chi connectivity index (χ0n) is 9.13. The second-order valence-corrected chi connectivity index (χ2v) is 6.59. The maximum absolute atomic E-state index is 11.6. The van der Waals surface area contributed by atoms with E-state index in [2.05, 4.69) is 9.71 Å². The summed E-state index contributed by atoms with van der Waals surface area (Å²) in [6.45, 7) is 3.97. The summed E-state index contributed by atoms with van der Waals surface area (Å²) in [6.07, 6.45) is 1.99. The number of aryl methyl sites for hydroxylation is 1. The highest BCUT2D eigenvalue weighted by molar-refractivity contribution is 7.91. The Morgan fingerprint density at radius 1 is 1.62 bits per heavy atom. The monoisotopic (exact) mass is 285 g/mol. The van der Waals surface area contributed by atoms with Crippen LogP contribution in [-0.4, -0.2) is 26.0 Å². The lowest BCUT2D eigenvalue weighted by Gasteiger charge is -2.06. The average molecular weight is 286 g/mol. The molecule has 0 saturated carbocycles. The van der Waals surface area contributed by atoms with Gasteiger partial charge in [-0.15, -0.1) is 23.7 Å². The van der Waals surface area contributed by atoms with Crippen molar-refractivity contribution < 1.29 is 8.42 Å². The van der Waals surface area contributed by atoms with E-state index >= 15 is 0 Å². The molecule has 0 spiro atoms. The number of aromatic nitrogens is 1. The molecule has 1 aromatic rings. The fraction of sp³-hybridized carbons (Fsp3) is 0.625. The van der Waals surface area contributed by atoms with Gasteiger partial charge >= 0.3 is 0 Å². The van der Waals surface area contributed by atoms with Gasteiger partial charge in [-0.3, -0.25) is 0 Å². The molecule has 1 aromatic heterocycles. The van der Waals surface area contributed by atoms with Crippen molar-refractivity contribution in [1.29, 1.82) is 0 Å². The van der Waals surface area contributed by atoms with Crippen LogP contribution in [0.25, 0.3) is 0 Å². The zero-order chi connectivity index (χ0) is 11.5. The van der Waals surface area contributed by atoms with Crippen LogP contribution in [0.15, 0.2) is 10.4 Å². The predicted molar refractivity (Wildman–Crippen MR) is 67.6 cm³/mol. The maximum atomic E-state index is 11.6. The van der Waals surface area contributed by atoms with Crippen LogP contribution < -0.4 is 10.5 Å². The number of nitrogens with two attached hydrogens (primary N) is 1. The molecule has 3 N–H and O–H groups in total. The van der Waals surface area contributed by atoms with Gasteiger partial charge in [-0.2, -0.15) is 0 Å². The number of sulfonamides is 1. The molecule has 0 amide bonds. The SMILES string of the molecule is Cc1ncc(S(=O)(=O)NCCC(C)N)s1.Cl. The molecule has 0 radical (unpaired) electrons. The molecule has 1 rings (SSSR count). The summed E-state index contributed by atoms with van der Waals surface area (Å²) in [5.41, 5.74) is 5.52. The second kappa shape index (κ2) is 6.51. The Kier molecular flexibility index (Phi) is 6.42. The van der Waals surface area contributed by atoms with E-state index in [0.717, 1.165) is 16.3 Å². The van der Waals surface area contributed by atoms with Gasteiger partial charge in [0.05, 0.1) is 11.2 Å². The van der Waals surface area contributed by atoms with Crippen molar-refractivity contribution in [3.8, 4) is 0 Å². The summed E-state index contributed by atoms with van der Waals surface area (Å²) < 4.78 is 26.0. The summed E-state index contributed by atoms with van der Waals surface area (Å²) >= 11 is 1.16. The van der Waals surface area contributed by atoms with Crippen molar-refractivity contribution in [2.24, 2.45) is 5.73 Å². The summed E-state index contributed by atoms with van der Waals surface area (Å²) in [5.74, 6) is 0. The van der Waals surface area contributed by atoms with Crippen molar-refractivity contribution in [1.82, 2.24) is 9.71 Å². The van der Waals surface area contributed by atoms with E-state index in [9.17, 15) is 8.42 Å². The van der Waals surface area contributed by atoms with E-state index in [1.54, 1.807) is 6.92 Å². The van der Waals surface area contributed by atoms with Crippen molar-refractivity contribution in [2.45, 2.75) is 30.5 Å². The Hall–Kier alpha value is -0.210. The molecule has 0 aliphatic carbocycles. The lowest BCUT2D eigenvalue weighted by Crippen LogP contribution is -2.28. The molecule has 0 saturated heterocycles. The minimum absolute atomic E-state index is 0. The van der Waals surface area contributed by atoms with Crippen molar-refractivity contribution in [3.63, 3.8) is 0 Å². The molecule has 1 atom stereocenters. The highest BCUT2D eigenvalue weighted by Gasteiger charge is 2.16. The molecule has 5 nitrogen and oxygen atoms in total. The first-order valence-corrected chi connectivity index (χ1v) is 6.89. The minimum Gasteiger partial charge on any atom is -0.328 e. The molecule has 1 heterocycles. The summed E-state index contributed by atoms with van der Waals surface area (Å²) in [6, 6.07) is -0.00380. The van der Waals surface area contributed by atoms with E-state index < -0.39 is 10.0 Å². The molecule has 0 aliphatic heterocycles. The van der Waals surface area contributed by atoms with E-state index in [1.807, 2.05) is 6.92 Å². The molecular formula is C8H16ClN3O2S2. The number of nitrogens with zero attached hydrogens (tertiary/aromatic N) is 1. The summed E-state index contributed by atoms with van der Waals surface area (Å²) in [4.78, 5) is 3.90. The molecule has 0 bridgehead atoms. The molecule has 0 aromatic carbocycles. The lowest BCUT2D eigenvalue weighted by atomic mass is 10.3. The minimum atomic E-state index is -3.38. The topological polar surface area (TPSA) is 85.1 Å². The normalized spacial score (nSPS) is 13.2. The van der Waals surface area contributed by atoms with Crippen LogP contribution in [0.3, 0.4) is 0 Å².